The SMILES string of the molecule is CN(C)C(C(=O)NCCc1ccccc1F)c1cccnc1. The van der Waals surface area contributed by atoms with Gasteiger partial charge in [0.1, 0.15) is 11.9 Å². The van der Waals surface area contributed by atoms with E-state index in [2.05, 4.69) is 10.3 Å². The fraction of sp³-hybridized carbons (Fsp3) is 0.294. The first-order valence-electron chi connectivity index (χ1n) is 7.17. The number of carbonyl (C=O) groups excluding carboxylic acids is 1. The standard InChI is InChI=1S/C17H20FN3O/c1-21(2)16(14-7-5-10-19-12-14)17(22)20-11-9-13-6-3-4-8-15(13)18/h3-8,10,12,16H,9,11H2,1-2H3,(H,20,22). The number of rotatable bonds is 6. The molecule has 1 aromatic heterocycles. The fourth-order valence-corrected chi connectivity index (χ4v) is 2.34. The molecule has 0 bridgehead atoms. The zero-order chi connectivity index (χ0) is 15.9. The number of hydrogen-bond donors (Lipinski definition) is 1. The summed E-state index contributed by atoms with van der Waals surface area (Å²) in [6, 6.07) is 9.86. The number of nitrogens with one attached hydrogen (secondary N) is 1. The molecule has 0 aliphatic heterocycles. The Labute approximate surface area is 130 Å². The normalized spacial score (nSPS) is 12.2. The van der Waals surface area contributed by atoms with Crippen LogP contribution in [0.5, 0.6) is 0 Å². The fourth-order valence-electron chi connectivity index (χ4n) is 2.34. The summed E-state index contributed by atoms with van der Waals surface area (Å²) < 4.78 is 13.5. The number of benzene rings is 1. The molecule has 5 heteroatoms. The Morgan fingerprint density at radius 2 is 2.05 bits per heavy atom. The molecule has 1 aromatic carbocycles. The van der Waals surface area contributed by atoms with Crippen LogP contribution in [-0.2, 0) is 11.2 Å². The van der Waals surface area contributed by atoms with Gasteiger partial charge in [-0.25, -0.2) is 4.39 Å². The highest BCUT2D eigenvalue weighted by Gasteiger charge is 2.22. The van der Waals surface area contributed by atoms with Gasteiger partial charge in [0.25, 0.3) is 0 Å². The summed E-state index contributed by atoms with van der Waals surface area (Å²) in [5, 5.41) is 2.86. The molecular weight excluding hydrogens is 281 g/mol. The van der Waals surface area contributed by atoms with E-state index in [-0.39, 0.29) is 11.7 Å². The van der Waals surface area contributed by atoms with Crippen LogP contribution in [0.3, 0.4) is 0 Å². The van der Waals surface area contributed by atoms with E-state index < -0.39 is 6.04 Å². The molecule has 0 spiro atoms. The third-order valence-corrected chi connectivity index (χ3v) is 3.42. The predicted molar refractivity (Wildman–Crippen MR) is 83.8 cm³/mol. The molecule has 0 radical (unpaired) electrons. The number of likely N-dealkylation sites (N-methyl/N-ethyl adjacent to an activating group) is 1. The van der Waals surface area contributed by atoms with Crippen LogP contribution in [0.2, 0.25) is 0 Å². The van der Waals surface area contributed by atoms with Crippen molar-refractivity contribution < 1.29 is 9.18 Å². The Hall–Kier alpha value is -2.27. The topological polar surface area (TPSA) is 45.2 Å². The number of halogens is 1. The number of aromatic nitrogens is 1. The van der Waals surface area contributed by atoms with Crippen molar-refractivity contribution >= 4 is 5.91 Å². The highest BCUT2D eigenvalue weighted by molar-refractivity contribution is 5.83. The van der Waals surface area contributed by atoms with Gasteiger partial charge in [0, 0.05) is 18.9 Å². The number of nitrogens with zero attached hydrogens (tertiary/aromatic N) is 2. The maximum Gasteiger partial charge on any atom is 0.242 e. The average molecular weight is 301 g/mol. The molecular formula is C17H20FN3O. The van der Waals surface area contributed by atoms with Crippen LogP contribution < -0.4 is 5.32 Å². The summed E-state index contributed by atoms with van der Waals surface area (Å²) in [4.78, 5) is 18.3. The Balaban J connectivity index is 1.96. The molecule has 1 atom stereocenters. The second-order valence-corrected chi connectivity index (χ2v) is 5.28. The molecule has 22 heavy (non-hydrogen) atoms. The van der Waals surface area contributed by atoms with Crippen molar-refractivity contribution in [2.45, 2.75) is 12.5 Å². The van der Waals surface area contributed by atoms with E-state index in [9.17, 15) is 9.18 Å². The van der Waals surface area contributed by atoms with Crippen molar-refractivity contribution in [2.75, 3.05) is 20.6 Å². The van der Waals surface area contributed by atoms with E-state index in [1.54, 1.807) is 36.7 Å². The van der Waals surface area contributed by atoms with Gasteiger partial charge in [-0.05, 0) is 43.8 Å². The van der Waals surface area contributed by atoms with Crippen molar-refractivity contribution in [1.82, 2.24) is 15.2 Å². The van der Waals surface area contributed by atoms with E-state index in [1.807, 2.05) is 25.1 Å². The Bertz CT molecular complexity index is 616. The summed E-state index contributed by atoms with van der Waals surface area (Å²) in [7, 11) is 3.68. The number of hydrogen-bond acceptors (Lipinski definition) is 3. The molecule has 0 aliphatic carbocycles. The summed E-state index contributed by atoms with van der Waals surface area (Å²) >= 11 is 0. The third kappa shape index (κ3) is 4.11. The van der Waals surface area contributed by atoms with E-state index >= 15 is 0 Å². The molecule has 1 N–H and O–H groups in total. The van der Waals surface area contributed by atoms with Gasteiger partial charge in [-0.2, -0.15) is 0 Å². The Morgan fingerprint density at radius 1 is 1.27 bits per heavy atom. The van der Waals surface area contributed by atoms with Crippen LogP contribution >= 0.6 is 0 Å². The van der Waals surface area contributed by atoms with E-state index in [1.165, 1.54) is 6.07 Å². The van der Waals surface area contributed by atoms with Crippen LogP contribution in [-0.4, -0.2) is 36.4 Å². The van der Waals surface area contributed by atoms with Crippen molar-refractivity contribution in [1.29, 1.82) is 0 Å². The first kappa shape index (κ1) is 16.1. The largest absolute Gasteiger partial charge is 0.354 e. The first-order chi connectivity index (χ1) is 10.6. The number of pyridine rings is 1. The van der Waals surface area contributed by atoms with Gasteiger partial charge in [0.2, 0.25) is 5.91 Å². The lowest BCUT2D eigenvalue weighted by Crippen LogP contribution is -2.38. The van der Waals surface area contributed by atoms with Gasteiger partial charge in [-0.1, -0.05) is 24.3 Å². The zero-order valence-corrected chi connectivity index (χ0v) is 12.8. The summed E-state index contributed by atoms with van der Waals surface area (Å²) in [5.41, 5.74) is 1.43. The second-order valence-electron chi connectivity index (χ2n) is 5.28. The van der Waals surface area contributed by atoms with Gasteiger partial charge in [0.15, 0.2) is 0 Å². The third-order valence-electron chi connectivity index (χ3n) is 3.42. The molecule has 0 fully saturated rings. The number of carbonyl (C=O) groups is 1. The van der Waals surface area contributed by atoms with E-state index in [4.69, 9.17) is 0 Å². The summed E-state index contributed by atoms with van der Waals surface area (Å²) in [6.07, 6.45) is 3.82. The molecule has 1 amide bonds. The molecule has 4 nitrogen and oxygen atoms in total. The van der Waals surface area contributed by atoms with Gasteiger partial charge < -0.3 is 5.32 Å². The highest BCUT2D eigenvalue weighted by Crippen LogP contribution is 2.17. The monoisotopic (exact) mass is 301 g/mol. The lowest BCUT2D eigenvalue weighted by Gasteiger charge is -2.23. The van der Waals surface area contributed by atoms with E-state index in [0.29, 0.717) is 18.5 Å². The van der Waals surface area contributed by atoms with Gasteiger partial charge in [0.05, 0.1) is 0 Å². The predicted octanol–water partition coefficient (Wildman–Crippen LogP) is 2.18. The lowest BCUT2D eigenvalue weighted by atomic mass is 10.1. The van der Waals surface area contributed by atoms with Crippen molar-refractivity contribution in [2.24, 2.45) is 0 Å². The molecule has 2 rings (SSSR count). The minimum absolute atomic E-state index is 0.116. The molecule has 2 aromatic rings. The van der Waals surface area contributed by atoms with Gasteiger partial charge in [-0.3, -0.25) is 14.7 Å². The molecule has 1 heterocycles. The van der Waals surface area contributed by atoms with Crippen molar-refractivity contribution in [3.63, 3.8) is 0 Å². The van der Waals surface area contributed by atoms with Crippen LogP contribution in [0.15, 0.2) is 48.8 Å². The van der Waals surface area contributed by atoms with Crippen LogP contribution in [0, 0.1) is 5.82 Å². The highest BCUT2D eigenvalue weighted by atomic mass is 19.1. The lowest BCUT2D eigenvalue weighted by molar-refractivity contribution is -0.125. The summed E-state index contributed by atoms with van der Waals surface area (Å²) in [6.45, 7) is 0.393. The molecule has 116 valence electrons. The zero-order valence-electron chi connectivity index (χ0n) is 12.8. The van der Waals surface area contributed by atoms with Crippen molar-refractivity contribution in [3.8, 4) is 0 Å². The Kier molecular flexibility index (Phi) is 5.61. The van der Waals surface area contributed by atoms with E-state index in [0.717, 1.165) is 5.56 Å². The summed E-state index contributed by atoms with van der Waals surface area (Å²) in [5.74, 6) is -0.359. The molecule has 1 unspecified atom stereocenters. The second kappa shape index (κ2) is 7.66. The van der Waals surface area contributed by atoms with Crippen LogP contribution in [0.1, 0.15) is 17.2 Å². The van der Waals surface area contributed by atoms with Crippen LogP contribution in [0.25, 0.3) is 0 Å². The maximum atomic E-state index is 13.5. The van der Waals surface area contributed by atoms with Gasteiger partial charge >= 0.3 is 0 Å². The first-order valence-corrected chi connectivity index (χ1v) is 7.17. The average Bonchev–Trinajstić information content (AvgIpc) is 2.50. The minimum atomic E-state index is -0.408. The molecule has 0 saturated heterocycles. The molecule has 0 aliphatic rings. The quantitative estimate of drug-likeness (QED) is 0.889. The Morgan fingerprint density at radius 3 is 2.68 bits per heavy atom. The minimum Gasteiger partial charge on any atom is -0.354 e. The maximum absolute atomic E-state index is 13.5. The molecule has 0 saturated carbocycles. The van der Waals surface area contributed by atoms with Gasteiger partial charge in [-0.15, -0.1) is 0 Å². The smallest absolute Gasteiger partial charge is 0.242 e. The van der Waals surface area contributed by atoms with Crippen molar-refractivity contribution in [3.05, 3.63) is 65.7 Å². The number of amides is 1. The van der Waals surface area contributed by atoms with Crippen LogP contribution in [0.4, 0.5) is 4.39 Å².